The monoisotopic (exact) mass is 421 g/mol. The minimum Gasteiger partial charge on any atom is -0.378 e. The summed E-state index contributed by atoms with van der Waals surface area (Å²) in [6.07, 6.45) is -3.39. The van der Waals surface area contributed by atoms with E-state index in [1.807, 2.05) is 0 Å². The molecule has 1 heterocycles. The third kappa shape index (κ3) is 4.54. The van der Waals surface area contributed by atoms with E-state index in [0.717, 1.165) is 11.6 Å². The Hall–Kier alpha value is -3.12. The molecule has 0 saturated heterocycles. The SMILES string of the molecule is CC(O)(CN1CCCc2cc(F)ccc21)C(=O)Nc1ccc(C#N)c(C(F)(F)F)c1. The zero-order chi connectivity index (χ0) is 22.1. The second-order valence-electron chi connectivity index (χ2n) is 7.40. The number of amides is 1. The second-order valence-corrected chi connectivity index (χ2v) is 7.40. The Kier molecular flexibility index (Phi) is 5.72. The van der Waals surface area contributed by atoms with Crippen molar-refractivity contribution in [3.8, 4) is 6.07 Å². The molecule has 0 fully saturated rings. The van der Waals surface area contributed by atoms with Gasteiger partial charge in [-0.25, -0.2) is 4.39 Å². The highest BCUT2D eigenvalue weighted by Crippen LogP contribution is 2.34. The first-order valence-electron chi connectivity index (χ1n) is 9.20. The van der Waals surface area contributed by atoms with E-state index in [1.54, 1.807) is 11.0 Å². The van der Waals surface area contributed by atoms with Crippen LogP contribution in [-0.2, 0) is 17.4 Å². The van der Waals surface area contributed by atoms with Crippen LogP contribution in [0, 0.1) is 17.1 Å². The number of carbonyl (C=O) groups excluding carboxylic acids is 1. The number of aliphatic hydroxyl groups is 1. The Morgan fingerprint density at radius 1 is 1.27 bits per heavy atom. The standard InChI is InChI=1S/C21H19F4N3O2/c1-20(30,12-28-8-2-3-13-9-15(22)5-7-18(13)28)19(29)27-16-6-4-14(11-26)17(10-16)21(23,24)25/h4-7,9-10,30H,2-3,8,12H2,1H3,(H,27,29). The highest BCUT2D eigenvalue weighted by molar-refractivity contribution is 5.97. The lowest BCUT2D eigenvalue weighted by molar-refractivity contribution is -0.138. The van der Waals surface area contributed by atoms with Gasteiger partial charge < -0.3 is 15.3 Å². The van der Waals surface area contributed by atoms with E-state index >= 15 is 0 Å². The van der Waals surface area contributed by atoms with Crippen molar-refractivity contribution in [3.63, 3.8) is 0 Å². The number of hydrogen-bond donors (Lipinski definition) is 2. The summed E-state index contributed by atoms with van der Waals surface area (Å²) < 4.78 is 52.8. The third-order valence-electron chi connectivity index (χ3n) is 4.95. The van der Waals surface area contributed by atoms with Crippen molar-refractivity contribution in [2.75, 3.05) is 23.3 Å². The Bertz CT molecular complexity index is 1010. The molecule has 1 unspecified atom stereocenters. The van der Waals surface area contributed by atoms with Crippen molar-refractivity contribution in [2.45, 2.75) is 31.5 Å². The van der Waals surface area contributed by atoms with Gasteiger partial charge >= 0.3 is 6.18 Å². The van der Waals surface area contributed by atoms with Crippen LogP contribution < -0.4 is 10.2 Å². The molecule has 0 bridgehead atoms. The van der Waals surface area contributed by atoms with Gasteiger partial charge in [-0.05, 0) is 61.7 Å². The average Bonchev–Trinajstić information content (AvgIpc) is 2.67. The van der Waals surface area contributed by atoms with Crippen LogP contribution in [0.2, 0.25) is 0 Å². The second kappa shape index (κ2) is 7.95. The summed E-state index contributed by atoms with van der Waals surface area (Å²) in [5.74, 6) is -1.27. The van der Waals surface area contributed by atoms with Crippen LogP contribution >= 0.6 is 0 Å². The predicted octanol–water partition coefficient (Wildman–Crippen LogP) is 3.86. The lowest BCUT2D eigenvalue weighted by atomic mass is 9.98. The van der Waals surface area contributed by atoms with Gasteiger partial charge in [0, 0.05) is 17.9 Å². The van der Waals surface area contributed by atoms with E-state index in [0.29, 0.717) is 31.1 Å². The molecule has 0 saturated carbocycles. The maximum Gasteiger partial charge on any atom is 0.417 e. The highest BCUT2D eigenvalue weighted by Gasteiger charge is 2.36. The van der Waals surface area contributed by atoms with Crippen molar-refractivity contribution in [2.24, 2.45) is 0 Å². The molecule has 5 nitrogen and oxygen atoms in total. The number of carbonyl (C=O) groups is 1. The lowest BCUT2D eigenvalue weighted by Gasteiger charge is -2.36. The zero-order valence-corrected chi connectivity index (χ0v) is 16.1. The largest absolute Gasteiger partial charge is 0.417 e. The lowest BCUT2D eigenvalue weighted by Crippen LogP contribution is -2.50. The minimum atomic E-state index is -4.76. The number of halogens is 4. The molecule has 2 aromatic carbocycles. The number of anilines is 2. The molecule has 30 heavy (non-hydrogen) atoms. The zero-order valence-electron chi connectivity index (χ0n) is 16.1. The molecule has 2 N–H and O–H groups in total. The molecule has 1 aliphatic rings. The topological polar surface area (TPSA) is 76.4 Å². The van der Waals surface area contributed by atoms with Gasteiger partial charge in [-0.3, -0.25) is 4.79 Å². The van der Waals surface area contributed by atoms with E-state index in [-0.39, 0.29) is 18.0 Å². The van der Waals surface area contributed by atoms with Crippen LogP contribution in [0.15, 0.2) is 36.4 Å². The van der Waals surface area contributed by atoms with Crippen molar-refractivity contribution in [1.29, 1.82) is 5.26 Å². The minimum absolute atomic E-state index is 0.125. The van der Waals surface area contributed by atoms with Gasteiger partial charge in [0.05, 0.1) is 23.7 Å². The first-order valence-corrected chi connectivity index (χ1v) is 9.20. The van der Waals surface area contributed by atoms with Crippen LogP contribution in [0.25, 0.3) is 0 Å². The number of β-amino-alcohol motifs (C(OH)–C–C–N with tert-alkyl or cyclic N) is 1. The first-order chi connectivity index (χ1) is 14.0. The fourth-order valence-corrected chi connectivity index (χ4v) is 3.47. The fourth-order valence-electron chi connectivity index (χ4n) is 3.47. The average molecular weight is 421 g/mol. The van der Waals surface area contributed by atoms with E-state index in [4.69, 9.17) is 5.26 Å². The number of hydrogen-bond acceptors (Lipinski definition) is 4. The summed E-state index contributed by atoms with van der Waals surface area (Å²) in [5.41, 5.74) is -2.39. The number of fused-ring (bicyclic) bond motifs is 1. The maximum atomic E-state index is 13.5. The molecular formula is C21H19F4N3O2. The van der Waals surface area contributed by atoms with E-state index in [9.17, 15) is 27.5 Å². The van der Waals surface area contributed by atoms with E-state index in [1.165, 1.54) is 31.2 Å². The molecule has 1 aliphatic heterocycles. The summed E-state index contributed by atoms with van der Waals surface area (Å²) in [5, 5.41) is 21.8. The summed E-state index contributed by atoms with van der Waals surface area (Å²) in [7, 11) is 0. The van der Waals surface area contributed by atoms with Crippen molar-refractivity contribution >= 4 is 17.3 Å². The van der Waals surface area contributed by atoms with Crippen molar-refractivity contribution in [3.05, 3.63) is 58.9 Å². The Labute approximate surface area is 170 Å². The number of aryl methyl sites for hydroxylation is 1. The Morgan fingerprint density at radius 2 is 2.00 bits per heavy atom. The van der Waals surface area contributed by atoms with Crippen molar-refractivity contribution in [1.82, 2.24) is 0 Å². The third-order valence-corrected chi connectivity index (χ3v) is 4.95. The number of nitriles is 1. The number of benzene rings is 2. The molecule has 0 radical (unpaired) electrons. The predicted molar refractivity (Wildman–Crippen MR) is 102 cm³/mol. The molecule has 9 heteroatoms. The molecule has 2 aromatic rings. The first kappa shape index (κ1) is 21.6. The molecule has 1 atom stereocenters. The molecule has 1 amide bonds. The maximum absolute atomic E-state index is 13.5. The smallest absolute Gasteiger partial charge is 0.378 e. The fraction of sp³-hybridized carbons (Fsp3) is 0.333. The number of alkyl halides is 3. The Balaban J connectivity index is 1.79. The molecule has 3 rings (SSSR count). The van der Waals surface area contributed by atoms with Crippen LogP contribution in [0.4, 0.5) is 28.9 Å². The molecule has 0 aliphatic carbocycles. The summed E-state index contributed by atoms with van der Waals surface area (Å²) >= 11 is 0. The Morgan fingerprint density at radius 3 is 2.67 bits per heavy atom. The van der Waals surface area contributed by atoms with E-state index < -0.39 is 28.8 Å². The highest BCUT2D eigenvalue weighted by atomic mass is 19.4. The molecule has 0 aromatic heterocycles. The van der Waals surface area contributed by atoms with Gasteiger partial charge in [0.25, 0.3) is 5.91 Å². The summed E-state index contributed by atoms with van der Waals surface area (Å²) in [4.78, 5) is 14.3. The van der Waals surface area contributed by atoms with Gasteiger partial charge in [0.15, 0.2) is 5.60 Å². The van der Waals surface area contributed by atoms with Gasteiger partial charge in [0.2, 0.25) is 0 Å². The quantitative estimate of drug-likeness (QED) is 0.736. The number of nitrogens with zero attached hydrogens (tertiary/aromatic N) is 2. The number of rotatable bonds is 4. The van der Waals surface area contributed by atoms with Gasteiger partial charge in [-0.15, -0.1) is 0 Å². The normalized spacial score (nSPS) is 15.7. The summed E-state index contributed by atoms with van der Waals surface area (Å²) in [6, 6.07) is 8.53. The van der Waals surface area contributed by atoms with Gasteiger partial charge in [-0.2, -0.15) is 18.4 Å². The van der Waals surface area contributed by atoms with Crippen LogP contribution in [0.5, 0.6) is 0 Å². The van der Waals surface area contributed by atoms with Gasteiger partial charge in [0.1, 0.15) is 5.82 Å². The molecular weight excluding hydrogens is 402 g/mol. The van der Waals surface area contributed by atoms with Crippen LogP contribution in [-0.4, -0.2) is 29.7 Å². The van der Waals surface area contributed by atoms with E-state index in [2.05, 4.69) is 5.32 Å². The van der Waals surface area contributed by atoms with Crippen LogP contribution in [0.1, 0.15) is 30.0 Å². The van der Waals surface area contributed by atoms with Crippen LogP contribution in [0.3, 0.4) is 0 Å². The van der Waals surface area contributed by atoms with Crippen molar-refractivity contribution < 1.29 is 27.5 Å². The molecule has 0 spiro atoms. The molecule has 158 valence electrons. The number of nitrogens with one attached hydrogen (secondary N) is 1. The summed E-state index contributed by atoms with van der Waals surface area (Å²) in [6.45, 7) is 1.67. The van der Waals surface area contributed by atoms with Gasteiger partial charge in [-0.1, -0.05) is 0 Å².